The Hall–Kier alpha value is -2.41. The second-order valence-electron chi connectivity index (χ2n) is 3.67. The largest absolute Gasteiger partial charge is 0.361 e. The van der Waals surface area contributed by atoms with Crippen LogP contribution in [0.3, 0.4) is 0 Å². The lowest BCUT2D eigenvalue weighted by Gasteiger charge is -2.05. The maximum atomic E-state index is 11.9. The number of amides is 1. The Labute approximate surface area is 112 Å². The number of non-ortho nitro benzene ring substituents is 1. The van der Waals surface area contributed by atoms with Crippen molar-refractivity contribution in [1.29, 1.82) is 0 Å². The van der Waals surface area contributed by atoms with Crippen LogP contribution in [0.5, 0.6) is 0 Å². The summed E-state index contributed by atoms with van der Waals surface area (Å²) in [5.41, 5.74) is 0.399. The van der Waals surface area contributed by atoms with Crippen molar-refractivity contribution in [3.8, 4) is 0 Å². The van der Waals surface area contributed by atoms with Gasteiger partial charge in [-0.2, -0.15) is 0 Å². The molecule has 0 fully saturated rings. The number of rotatable bonds is 3. The molecule has 0 unspecified atom stereocenters. The van der Waals surface area contributed by atoms with Crippen LogP contribution in [0.15, 0.2) is 28.9 Å². The van der Waals surface area contributed by atoms with Crippen molar-refractivity contribution in [2.45, 2.75) is 6.92 Å². The standard InChI is InChI=1S/C11H8ClN3O4/c1-6-8(5-13-19-6)11(16)14-10-3-2-7(15(17)18)4-9(10)12/h2-5H,1H3,(H,14,16). The average Bonchev–Trinajstić information content (AvgIpc) is 2.77. The second-order valence-corrected chi connectivity index (χ2v) is 4.08. The van der Waals surface area contributed by atoms with Crippen molar-refractivity contribution in [2.75, 3.05) is 5.32 Å². The van der Waals surface area contributed by atoms with Crippen LogP contribution in [0.25, 0.3) is 0 Å². The van der Waals surface area contributed by atoms with E-state index in [1.54, 1.807) is 6.92 Å². The van der Waals surface area contributed by atoms with Crippen molar-refractivity contribution in [3.63, 3.8) is 0 Å². The van der Waals surface area contributed by atoms with Crippen molar-refractivity contribution in [2.24, 2.45) is 0 Å². The fourth-order valence-corrected chi connectivity index (χ4v) is 1.65. The predicted molar refractivity (Wildman–Crippen MR) is 67.3 cm³/mol. The van der Waals surface area contributed by atoms with E-state index in [1.807, 2.05) is 0 Å². The van der Waals surface area contributed by atoms with Gasteiger partial charge in [-0.3, -0.25) is 14.9 Å². The number of halogens is 1. The smallest absolute Gasteiger partial charge is 0.271 e. The van der Waals surface area contributed by atoms with E-state index in [9.17, 15) is 14.9 Å². The number of carbonyl (C=O) groups is 1. The molecule has 1 N–H and O–H groups in total. The molecule has 2 rings (SSSR count). The zero-order valence-corrected chi connectivity index (χ0v) is 10.5. The van der Waals surface area contributed by atoms with Crippen LogP contribution in [0.2, 0.25) is 5.02 Å². The summed E-state index contributed by atoms with van der Waals surface area (Å²) in [7, 11) is 0. The summed E-state index contributed by atoms with van der Waals surface area (Å²) in [5, 5.41) is 16.6. The number of aryl methyl sites for hydroxylation is 1. The highest BCUT2D eigenvalue weighted by Crippen LogP contribution is 2.27. The topological polar surface area (TPSA) is 98.3 Å². The first-order valence-corrected chi connectivity index (χ1v) is 5.53. The summed E-state index contributed by atoms with van der Waals surface area (Å²) in [5.74, 6) is -0.0787. The third-order valence-corrected chi connectivity index (χ3v) is 2.72. The molecule has 1 amide bonds. The predicted octanol–water partition coefficient (Wildman–Crippen LogP) is 2.80. The van der Waals surface area contributed by atoms with Gasteiger partial charge in [-0.05, 0) is 13.0 Å². The van der Waals surface area contributed by atoms with Gasteiger partial charge in [0.05, 0.1) is 21.8 Å². The van der Waals surface area contributed by atoms with E-state index in [4.69, 9.17) is 16.1 Å². The Morgan fingerprint density at radius 2 is 2.26 bits per heavy atom. The maximum absolute atomic E-state index is 11.9. The number of aromatic nitrogens is 1. The third-order valence-electron chi connectivity index (χ3n) is 2.41. The number of anilines is 1. The van der Waals surface area contributed by atoms with Crippen LogP contribution in [0, 0.1) is 17.0 Å². The fraction of sp³-hybridized carbons (Fsp3) is 0.0909. The van der Waals surface area contributed by atoms with Crippen LogP contribution in [0.4, 0.5) is 11.4 Å². The molecule has 98 valence electrons. The molecule has 7 nitrogen and oxygen atoms in total. The molecule has 8 heteroatoms. The molecule has 2 aromatic rings. The molecule has 0 bridgehead atoms. The minimum atomic E-state index is -0.568. The summed E-state index contributed by atoms with van der Waals surface area (Å²) in [6.45, 7) is 1.60. The van der Waals surface area contributed by atoms with Crippen molar-refractivity contribution in [1.82, 2.24) is 5.16 Å². The van der Waals surface area contributed by atoms with Gasteiger partial charge in [0.1, 0.15) is 11.3 Å². The van der Waals surface area contributed by atoms with Crippen LogP contribution in [-0.4, -0.2) is 16.0 Å². The minimum absolute atomic E-state index is 0.0802. The van der Waals surface area contributed by atoms with E-state index < -0.39 is 10.8 Å². The zero-order chi connectivity index (χ0) is 14.0. The maximum Gasteiger partial charge on any atom is 0.271 e. The summed E-state index contributed by atoms with van der Waals surface area (Å²) < 4.78 is 4.77. The third kappa shape index (κ3) is 2.71. The molecule has 0 atom stereocenters. The van der Waals surface area contributed by atoms with Gasteiger partial charge in [0.2, 0.25) is 0 Å². The van der Waals surface area contributed by atoms with Gasteiger partial charge in [-0.1, -0.05) is 16.8 Å². The summed E-state index contributed by atoms with van der Waals surface area (Å²) in [6, 6.07) is 3.78. The number of nitrogens with zero attached hydrogens (tertiary/aromatic N) is 2. The highest BCUT2D eigenvalue weighted by molar-refractivity contribution is 6.34. The molecule has 1 aromatic heterocycles. The minimum Gasteiger partial charge on any atom is -0.361 e. The molecule has 0 aliphatic carbocycles. The van der Waals surface area contributed by atoms with E-state index in [0.29, 0.717) is 5.76 Å². The molecule has 0 aliphatic rings. The Bertz CT molecular complexity index is 653. The first-order chi connectivity index (χ1) is 8.99. The van der Waals surface area contributed by atoms with Crippen molar-refractivity contribution < 1.29 is 14.2 Å². The van der Waals surface area contributed by atoms with E-state index in [1.165, 1.54) is 18.3 Å². The highest BCUT2D eigenvalue weighted by atomic mass is 35.5. The van der Waals surface area contributed by atoms with E-state index >= 15 is 0 Å². The van der Waals surface area contributed by atoms with Gasteiger partial charge in [-0.25, -0.2) is 0 Å². The highest BCUT2D eigenvalue weighted by Gasteiger charge is 2.16. The molecule has 0 aliphatic heterocycles. The Balaban J connectivity index is 2.23. The van der Waals surface area contributed by atoms with Gasteiger partial charge in [-0.15, -0.1) is 0 Å². The van der Waals surface area contributed by atoms with Crippen molar-refractivity contribution >= 4 is 28.9 Å². The number of hydrogen-bond donors (Lipinski definition) is 1. The van der Waals surface area contributed by atoms with Crippen molar-refractivity contribution in [3.05, 3.63) is 50.9 Å². The number of hydrogen-bond acceptors (Lipinski definition) is 5. The average molecular weight is 282 g/mol. The summed E-state index contributed by atoms with van der Waals surface area (Å²) in [6.07, 6.45) is 1.28. The van der Waals surface area contributed by atoms with Gasteiger partial charge in [0.25, 0.3) is 11.6 Å². The number of nitrogens with one attached hydrogen (secondary N) is 1. The lowest BCUT2D eigenvalue weighted by molar-refractivity contribution is -0.384. The lowest BCUT2D eigenvalue weighted by atomic mass is 10.2. The van der Waals surface area contributed by atoms with Gasteiger partial charge < -0.3 is 9.84 Å². The molecule has 1 aromatic carbocycles. The Morgan fingerprint density at radius 1 is 1.53 bits per heavy atom. The molecular formula is C11H8ClN3O4. The molecule has 0 radical (unpaired) electrons. The normalized spacial score (nSPS) is 10.2. The quantitative estimate of drug-likeness (QED) is 0.689. The first-order valence-electron chi connectivity index (χ1n) is 5.15. The van der Waals surface area contributed by atoms with Crippen LogP contribution >= 0.6 is 11.6 Å². The monoisotopic (exact) mass is 281 g/mol. The molecule has 19 heavy (non-hydrogen) atoms. The molecule has 1 heterocycles. The fourth-order valence-electron chi connectivity index (χ4n) is 1.43. The summed E-state index contributed by atoms with van der Waals surface area (Å²) >= 11 is 5.86. The Kier molecular flexibility index (Phi) is 3.48. The van der Waals surface area contributed by atoms with E-state index in [-0.39, 0.29) is 22.0 Å². The Morgan fingerprint density at radius 3 is 2.79 bits per heavy atom. The van der Waals surface area contributed by atoms with Crippen LogP contribution < -0.4 is 5.32 Å². The SMILES string of the molecule is Cc1oncc1C(=O)Nc1ccc([N+](=O)[O-])cc1Cl. The molecular weight excluding hydrogens is 274 g/mol. The number of nitro groups is 1. The first kappa shape index (κ1) is 13.0. The lowest BCUT2D eigenvalue weighted by Crippen LogP contribution is -2.12. The summed E-state index contributed by atoms with van der Waals surface area (Å²) in [4.78, 5) is 21.9. The van der Waals surface area contributed by atoms with Crippen LogP contribution in [0.1, 0.15) is 16.1 Å². The second kappa shape index (κ2) is 5.07. The molecule has 0 spiro atoms. The van der Waals surface area contributed by atoms with Crippen LogP contribution in [-0.2, 0) is 0 Å². The van der Waals surface area contributed by atoms with E-state index in [0.717, 1.165) is 6.07 Å². The number of carbonyl (C=O) groups excluding carboxylic acids is 1. The van der Waals surface area contributed by atoms with E-state index in [2.05, 4.69) is 10.5 Å². The van der Waals surface area contributed by atoms with Gasteiger partial charge >= 0.3 is 0 Å². The van der Waals surface area contributed by atoms with Gasteiger partial charge in [0, 0.05) is 12.1 Å². The number of nitro benzene ring substituents is 1. The number of benzene rings is 1. The zero-order valence-electron chi connectivity index (χ0n) is 9.71. The molecule has 0 saturated heterocycles. The molecule has 0 saturated carbocycles. The van der Waals surface area contributed by atoms with Gasteiger partial charge in [0.15, 0.2) is 0 Å².